The molecule has 3 nitrogen and oxygen atoms in total. The maximum Gasteiger partial charge on any atom is 0.401 e. The Balaban J connectivity index is 2.10. The van der Waals surface area contributed by atoms with Gasteiger partial charge < -0.3 is 4.57 Å². The molecule has 0 spiro atoms. The van der Waals surface area contributed by atoms with Crippen LogP contribution in [0.1, 0.15) is 34.6 Å². The number of hydrogen-bond acceptors (Lipinski definition) is 2. The molecule has 0 unspecified atom stereocenters. The Morgan fingerprint density at radius 2 is 2.00 bits per heavy atom. The minimum absolute atomic E-state index is 0.0920. The van der Waals surface area contributed by atoms with Crippen molar-refractivity contribution >= 4 is 5.78 Å². The van der Waals surface area contributed by atoms with Crippen molar-refractivity contribution in [2.45, 2.75) is 38.9 Å². The van der Waals surface area contributed by atoms with Crippen LogP contribution >= 0.6 is 0 Å². The molecule has 112 valence electrons. The van der Waals surface area contributed by atoms with Crippen LogP contribution < -0.4 is 0 Å². The third-order valence-electron chi connectivity index (χ3n) is 3.87. The fraction of sp³-hybridized carbons (Fsp3) is 0.643. The summed E-state index contributed by atoms with van der Waals surface area (Å²) < 4.78 is 39.5. The second-order valence-electron chi connectivity index (χ2n) is 5.52. The number of aryl methyl sites for hydroxylation is 1. The van der Waals surface area contributed by atoms with E-state index in [1.165, 1.54) is 4.90 Å². The van der Waals surface area contributed by atoms with Gasteiger partial charge in [0.2, 0.25) is 0 Å². The van der Waals surface area contributed by atoms with Gasteiger partial charge in [-0.3, -0.25) is 9.69 Å². The first-order chi connectivity index (χ1) is 9.19. The summed E-state index contributed by atoms with van der Waals surface area (Å²) in [5.41, 5.74) is 2.26. The fourth-order valence-electron chi connectivity index (χ4n) is 2.39. The standard InChI is InChI=1S/C14H19F3N2O/c1-9-6-12(10(2)18(9)3)13(20)7-19(11-4-5-11)8-14(15,16)17/h6,11H,4-5,7-8H2,1-3H3. The van der Waals surface area contributed by atoms with Gasteiger partial charge in [-0.05, 0) is 32.8 Å². The molecule has 1 heterocycles. The Morgan fingerprint density at radius 3 is 2.40 bits per heavy atom. The summed E-state index contributed by atoms with van der Waals surface area (Å²) in [5, 5.41) is 0. The van der Waals surface area contributed by atoms with Gasteiger partial charge in [0.15, 0.2) is 5.78 Å². The summed E-state index contributed by atoms with van der Waals surface area (Å²) in [6.45, 7) is 2.52. The minimum Gasteiger partial charge on any atom is -0.351 e. The van der Waals surface area contributed by atoms with E-state index in [0.29, 0.717) is 5.56 Å². The van der Waals surface area contributed by atoms with Gasteiger partial charge >= 0.3 is 6.18 Å². The van der Waals surface area contributed by atoms with E-state index < -0.39 is 12.7 Å². The first kappa shape index (κ1) is 15.1. The number of carbonyl (C=O) groups is 1. The molecule has 1 aliphatic carbocycles. The molecule has 0 bridgehead atoms. The van der Waals surface area contributed by atoms with Crippen molar-refractivity contribution in [2.24, 2.45) is 7.05 Å². The van der Waals surface area contributed by atoms with Crippen molar-refractivity contribution in [2.75, 3.05) is 13.1 Å². The summed E-state index contributed by atoms with van der Waals surface area (Å²) in [5.74, 6) is -0.234. The number of ketones is 1. The molecular weight excluding hydrogens is 269 g/mol. The molecule has 0 amide bonds. The Kier molecular flexibility index (Phi) is 3.95. The van der Waals surface area contributed by atoms with E-state index in [4.69, 9.17) is 0 Å². The number of aromatic nitrogens is 1. The summed E-state index contributed by atoms with van der Waals surface area (Å²) in [6.07, 6.45) is -2.77. The summed E-state index contributed by atoms with van der Waals surface area (Å²) in [6, 6.07) is 1.65. The van der Waals surface area contributed by atoms with Crippen LogP contribution in [0.4, 0.5) is 13.2 Å². The van der Waals surface area contributed by atoms with Gasteiger partial charge in [-0.2, -0.15) is 13.2 Å². The van der Waals surface area contributed by atoms with Gasteiger partial charge in [0.25, 0.3) is 0 Å². The third-order valence-corrected chi connectivity index (χ3v) is 3.87. The average Bonchev–Trinajstić information content (AvgIpc) is 3.11. The van der Waals surface area contributed by atoms with E-state index in [-0.39, 0.29) is 18.4 Å². The number of alkyl halides is 3. The molecule has 0 aliphatic heterocycles. The van der Waals surface area contributed by atoms with Crippen LogP contribution in [-0.2, 0) is 7.05 Å². The van der Waals surface area contributed by atoms with Crippen LogP contribution in [0.3, 0.4) is 0 Å². The first-order valence-corrected chi connectivity index (χ1v) is 6.66. The van der Waals surface area contributed by atoms with Gasteiger partial charge in [0.05, 0.1) is 13.1 Å². The zero-order valence-corrected chi connectivity index (χ0v) is 11.9. The zero-order chi connectivity index (χ0) is 15.1. The maximum absolute atomic E-state index is 12.5. The summed E-state index contributed by atoms with van der Waals surface area (Å²) >= 11 is 0. The summed E-state index contributed by atoms with van der Waals surface area (Å²) in [4.78, 5) is 13.5. The largest absolute Gasteiger partial charge is 0.401 e. The lowest BCUT2D eigenvalue weighted by atomic mass is 10.1. The molecule has 0 aromatic carbocycles. The van der Waals surface area contributed by atoms with Crippen molar-refractivity contribution < 1.29 is 18.0 Å². The molecule has 1 aromatic rings. The Bertz CT molecular complexity index is 515. The zero-order valence-electron chi connectivity index (χ0n) is 11.9. The van der Waals surface area contributed by atoms with Crippen LogP contribution in [-0.4, -0.2) is 40.6 Å². The van der Waals surface area contributed by atoms with E-state index in [1.54, 1.807) is 6.07 Å². The van der Waals surface area contributed by atoms with Gasteiger partial charge in [0, 0.05) is 30.0 Å². The normalized spacial score (nSPS) is 15.9. The smallest absolute Gasteiger partial charge is 0.351 e. The van der Waals surface area contributed by atoms with Crippen LogP contribution in [0, 0.1) is 13.8 Å². The van der Waals surface area contributed by atoms with E-state index in [9.17, 15) is 18.0 Å². The number of rotatable bonds is 5. The lowest BCUT2D eigenvalue weighted by molar-refractivity contribution is -0.145. The Hall–Kier alpha value is -1.30. The molecule has 0 atom stereocenters. The molecule has 1 fully saturated rings. The molecule has 0 N–H and O–H groups in total. The van der Waals surface area contributed by atoms with Crippen molar-refractivity contribution in [1.82, 2.24) is 9.47 Å². The van der Waals surface area contributed by atoms with Crippen molar-refractivity contribution in [1.29, 1.82) is 0 Å². The van der Waals surface area contributed by atoms with Crippen molar-refractivity contribution in [3.63, 3.8) is 0 Å². The third kappa shape index (κ3) is 3.42. The predicted molar refractivity (Wildman–Crippen MR) is 69.9 cm³/mol. The number of halogens is 3. The van der Waals surface area contributed by atoms with Crippen LogP contribution in [0.2, 0.25) is 0 Å². The van der Waals surface area contributed by atoms with Crippen LogP contribution in [0.25, 0.3) is 0 Å². The minimum atomic E-state index is -4.26. The second kappa shape index (κ2) is 5.24. The maximum atomic E-state index is 12.5. The molecule has 1 aromatic heterocycles. The molecule has 0 radical (unpaired) electrons. The van der Waals surface area contributed by atoms with Crippen LogP contribution in [0.5, 0.6) is 0 Å². The second-order valence-corrected chi connectivity index (χ2v) is 5.52. The highest BCUT2D eigenvalue weighted by Gasteiger charge is 2.39. The van der Waals surface area contributed by atoms with Crippen molar-refractivity contribution in [3.05, 3.63) is 23.0 Å². The highest BCUT2D eigenvalue weighted by atomic mass is 19.4. The molecular formula is C14H19F3N2O. The van der Waals surface area contributed by atoms with Gasteiger partial charge in [-0.15, -0.1) is 0 Å². The fourth-order valence-corrected chi connectivity index (χ4v) is 2.39. The topological polar surface area (TPSA) is 25.2 Å². The highest BCUT2D eigenvalue weighted by Crippen LogP contribution is 2.30. The van der Waals surface area contributed by atoms with E-state index in [0.717, 1.165) is 24.2 Å². The molecule has 6 heteroatoms. The van der Waals surface area contributed by atoms with Gasteiger partial charge in [-0.1, -0.05) is 0 Å². The molecule has 20 heavy (non-hydrogen) atoms. The number of nitrogens with zero attached hydrogens (tertiary/aromatic N) is 2. The highest BCUT2D eigenvalue weighted by molar-refractivity contribution is 5.99. The van der Waals surface area contributed by atoms with E-state index in [2.05, 4.69) is 0 Å². The molecule has 2 rings (SSSR count). The number of Topliss-reactive ketones (excluding diaryl/α,β-unsaturated/α-hetero) is 1. The van der Waals surface area contributed by atoms with Gasteiger partial charge in [0.1, 0.15) is 0 Å². The lowest BCUT2D eigenvalue weighted by Crippen LogP contribution is -2.39. The Morgan fingerprint density at radius 1 is 1.40 bits per heavy atom. The monoisotopic (exact) mass is 288 g/mol. The van der Waals surface area contributed by atoms with Crippen molar-refractivity contribution in [3.8, 4) is 0 Å². The molecule has 1 saturated carbocycles. The molecule has 1 aliphatic rings. The first-order valence-electron chi connectivity index (χ1n) is 6.66. The number of hydrogen-bond donors (Lipinski definition) is 0. The molecule has 0 saturated heterocycles. The average molecular weight is 288 g/mol. The van der Waals surface area contributed by atoms with E-state index in [1.807, 2.05) is 25.5 Å². The SMILES string of the molecule is Cc1cc(C(=O)CN(CC(F)(F)F)C2CC2)c(C)n1C. The quantitative estimate of drug-likeness (QED) is 0.778. The lowest BCUT2D eigenvalue weighted by Gasteiger charge is -2.22. The predicted octanol–water partition coefficient (Wildman–Crippen LogP) is 2.85. The van der Waals surface area contributed by atoms with E-state index >= 15 is 0 Å². The van der Waals surface area contributed by atoms with Gasteiger partial charge in [-0.25, -0.2) is 0 Å². The Labute approximate surface area is 116 Å². The summed E-state index contributed by atoms with van der Waals surface area (Å²) in [7, 11) is 1.84. The van der Waals surface area contributed by atoms with Crippen LogP contribution in [0.15, 0.2) is 6.07 Å². The number of carbonyl (C=O) groups excluding carboxylic acids is 1.